The Morgan fingerprint density at radius 1 is 1.10 bits per heavy atom. The number of methoxy groups -OCH3 is 1. The van der Waals surface area contributed by atoms with Crippen molar-refractivity contribution >= 4 is 22.7 Å². The molecule has 1 aromatic carbocycles. The van der Waals surface area contributed by atoms with E-state index in [2.05, 4.69) is 4.74 Å². The molecule has 15 heteroatoms. The first-order valence-electron chi connectivity index (χ1n) is 12.9. The SMILES string of the molecule is COCCn1cc(C(=O)N2CCC(C3=CC(CNC(=O)C(F)(F)F)=CCC3F)CC2)c2c(OC(F)(F)F)ccc(F)c21. The lowest BCUT2D eigenvalue weighted by molar-refractivity contribution is -0.274. The van der Waals surface area contributed by atoms with E-state index in [0.717, 1.165) is 12.1 Å². The predicted molar refractivity (Wildman–Crippen MR) is 134 cm³/mol. The average Bonchev–Trinajstić information content (AvgIpc) is 3.32. The van der Waals surface area contributed by atoms with Gasteiger partial charge in [0.2, 0.25) is 0 Å². The highest BCUT2D eigenvalue weighted by Gasteiger charge is 2.39. The van der Waals surface area contributed by atoms with Crippen LogP contribution in [0.25, 0.3) is 10.9 Å². The van der Waals surface area contributed by atoms with Crippen molar-refractivity contribution in [3.63, 3.8) is 0 Å². The standard InChI is InChI=1S/C27H27F8N3O4/c1-41-11-10-38-14-18(22-21(42-27(33,34)35)5-4-20(29)23(22)38)24(39)37-8-6-16(7-9-37)17-12-15(2-3-19(17)28)13-36-25(40)26(30,31)32/h2,4-5,12,14,16,19H,3,6-11,13H2,1H3,(H,36,40). The van der Waals surface area contributed by atoms with Crippen LogP contribution in [0.5, 0.6) is 5.75 Å². The molecular formula is C27H27F8N3O4. The normalized spacial score (nSPS) is 18.6. The molecule has 42 heavy (non-hydrogen) atoms. The fourth-order valence-corrected chi connectivity index (χ4v) is 5.23. The number of carbonyl (C=O) groups is 2. The number of ether oxygens (including phenoxy) is 2. The Kier molecular flexibility index (Phi) is 9.18. The van der Waals surface area contributed by atoms with Crippen LogP contribution in [-0.2, 0) is 16.1 Å². The number of nitrogens with zero attached hydrogens (tertiary/aromatic N) is 2. The number of halogens is 8. The van der Waals surface area contributed by atoms with Gasteiger partial charge in [-0.25, -0.2) is 8.78 Å². The number of alkyl halides is 7. The Morgan fingerprint density at radius 2 is 1.79 bits per heavy atom. The van der Waals surface area contributed by atoms with Crippen molar-refractivity contribution < 1.29 is 54.2 Å². The molecule has 1 atom stereocenters. The van der Waals surface area contributed by atoms with Gasteiger partial charge >= 0.3 is 18.4 Å². The van der Waals surface area contributed by atoms with Crippen LogP contribution in [0.1, 0.15) is 29.6 Å². The molecular weight excluding hydrogens is 582 g/mol. The van der Waals surface area contributed by atoms with Gasteiger partial charge in [-0.15, -0.1) is 13.2 Å². The van der Waals surface area contributed by atoms with Crippen molar-refractivity contribution in [2.75, 3.05) is 33.4 Å². The summed E-state index contributed by atoms with van der Waals surface area (Å²) in [5.74, 6) is -4.74. The summed E-state index contributed by atoms with van der Waals surface area (Å²) in [5.41, 5.74) is 0.193. The molecule has 0 saturated carbocycles. The first kappa shape index (κ1) is 31.3. The Bertz CT molecular complexity index is 1390. The summed E-state index contributed by atoms with van der Waals surface area (Å²) < 4.78 is 117. The lowest BCUT2D eigenvalue weighted by Gasteiger charge is -2.35. The average molecular weight is 610 g/mol. The van der Waals surface area contributed by atoms with E-state index in [9.17, 15) is 44.7 Å². The number of hydrogen-bond donors (Lipinski definition) is 1. The molecule has 2 aromatic rings. The minimum Gasteiger partial charge on any atom is -0.405 e. The van der Waals surface area contributed by atoms with Crippen LogP contribution in [-0.4, -0.2) is 73.3 Å². The van der Waals surface area contributed by atoms with Gasteiger partial charge in [-0.3, -0.25) is 9.59 Å². The maximum Gasteiger partial charge on any atom is 0.573 e. The molecule has 7 nitrogen and oxygen atoms in total. The summed E-state index contributed by atoms with van der Waals surface area (Å²) in [6.45, 7) is -0.125. The maximum absolute atomic E-state index is 14.8. The molecule has 0 radical (unpaired) electrons. The number of nitrogens with one attached hydrogen (secondary N) is 1. The van der Waals surface area contributed by atoms with Crippen LogP contribution in [0.3, 0.4) is 0 Å². The molecule has 0 spiro atoms. The third-order valence-electron chi connectivity index (χ3n) is 7.19. The van der Waals surface area contributed by atoms with E-state index in [1.807, 2.05) is 0 Å². The van der Waals surface area contributed by atoms with Crippen LogP contribution < -0.4 is 10.1 Å². The van der Waals surface area contributed by atoms with E-state index >= 15 is 0 Å². The number of allylic oxidation sites excluding steroid dienone is 2. The topological polar surface area (TPSA) is 72.8 Å². The number of likely N-dealkylation sites (tertiary alicyclic amines) is 1. The second-order valence-corrected chi connectivity index (χ2v) is 9.92. The second-order valence-electron chi connectivity index (χ2n) is 9.92. The lowest BCUT2D eigenvalue weighted by atomic mass is 9.82. The van der Waals surface area contributed by atoms with E-state index in [4.69, 9.17) is 4.74 Å². The monoisotopic (exact) mass is 609 g/mol. The number of rotatable bonds is 8. The number of benzene rings is 1. The predicted octanol–water partition coefficient (Wildman–Crippen LogP) is 5.45. The van der Waals surface area contributed by atoms with Crippen LogP contribution in [0.15, 0.2) is 41.6 Å². The molecule has 1 N–H and O–H groups in total. The number of aromatic nitrogens is 1. The summed E-state index contributed by atoms with van der Waals surface area (Å²) in [4.78, 5) is 26.0. The van der Waals surface area contributed by atoms with E-state index in [-0.39, 0.29) is 67.9 Å². The summed E-state index contributed by atoms with van der Waals surface area (Å²) in [6.07, 6.45) is -7.03. The molecule has 2 aliphatic rings. The van der Waals surface area contributed by atoms with Gasteiger partial charge in [0, 0.05) is 45.9 Å². The van der Waals surface area contributed by atoms with Crippen molar-refractivity contribution in [1.29, 1.82) is 0 Å². The smallest absolute Gasteiger partial charge is 0.405 e. The highest BCUT2D eigenvalue weighted by Crippen LogP contribution is 2.38. The molecule has 1 aliphatic heterocycles. The zero-order valence-corrected chi connectivity index (χ0v) is 22.2. The molecule has 1 fully saturated rings. The second kappa shape index (κ2) is 12.3. The largest absolute Gasteiger partial charge is 0.573 e. The molecule has 1 saturated heterocycles. The number of amides is 2. The highest BCUT2D eigenvalue weighted by molar-refractivity contribution is 6.09. The zero-order valence-electron chi connectivity index (χ0n) is 22.2. The van der Waals surface area contributed by atoms with Crippen molar-refractivity contribution in [2.24, 2.45) is 5.92 Å². The Balaban J connectivity index is 1.53. The van der Waals surface area contributed by atoms with Crippen LogP contribution in [0, 0.1) is 11.7 Å². The molecule has 2 amide bonds. The first-order valence-corrected chi connectivity index (χ1v) is 12.9. The van der Waals surface area contributed by atoms with E-state index in [1.165, 1.54) is 34.9 Å². The van der Waals surface area contributed by atoms with Gasteiger partial charge in [0.15, 0.2) is 0 Å². The minimum atomic E-state index is -5.10. The number of piperidine rings is 1. The van der Waals surface area contributed by atoms with Gasteiger partial charge in [-0.1, -0.05) is 12.2 Å². The van der Waals surface area contributed by atoms with Crippen molar-refractivity contribution in [1.82, 2.24) is 14.8 Å². The van der Waals surface area contributed by atoms with E-state index < -0.39 is 48.6 Å². The fourth-order valence-electron chi connectivity index (χ4n) is 5.23. The summed E-state index contributed by atoms with van der Waals surface area (Å²) in [5, 5.41) is 1.41. The van der Waals surface area contributed by atoms with Crippen molar-refractivity contribution in [3.05, 3.63) is 53.0 Å². The molecule has 2 heterocycles. The lowest BCUT2D eigenvalue weighted by Crippen LogP contribution is -2.40. The number of hydrogen-bond acceptors (Lipinski definition) is 4. The maximum atomic E-state index is 14.8. The van der Waals surface area contributed by atoms with E-state index in [0.29, 0.717) is 11.1 Å². The van der Waals surface area contributed by atoms with Crippen molar-refractivity contribution in [3.8, 4) is 5.75 Å². The third-order valence-corrected chi connectivity index (χ3v) is 7.19. The minimum absolute atomic E-state index is 0.0417. The number of fused-ring (bicyclic) bond motifs is 1. The summed E-state index contributed by atoms with van der Waals surface area (Å²) in [6, 6.07) is 1.61. The van der Waals surface area contributed by atoms with Gasteiger partial charge in [0.1, 0.15) is 17.7 Å². The molecule has 0 bridgehead atoms. The molecule has 230 valence electrons. The first-order chi connectivity index (χ1) is 19.7. The summed E-state index contributed by atoms with van der Waals surface area (Å²) >= 11 is 0. The summed E-state index contributed by atoms with van der Waals surface area (Å²) in [7, 11) is 1.39. The van der Waals surface area contributed by atoms with Crippen molar-refractivity contribution in [2.45, 2.75) is 44.5 Å². The number of carbonyl (C=O) groups excluding carboxylic acids is 2. The molecule has 4 rings (SSSR count). The molecule has 1 aromatic heterocycles. The third kappa shape index (κ3) is 7.05. The fraction of sp³-hybridized carbons (Fsp3) is 0.481. The Labute approximate surface area is 234 Å². The Hall–Kier alpha value is -3.62. The highest BCUT2D eigenvalue weighted by atomic mass is 19.4. The van der Waals surface area contributed by atoms with Gasteiger partial charge in [-0.2, -0.15) is 13.2 Å². The van der Waals surface area contributed by atoms with Gasteiger partial charge in [-0.05, 0) is 42.0 Å². The Morgan fingerprint density at radius 3 is 2.40 bits per heavy atom. The molecule has 1 aliphatic carbocycles. The zero-order chi connectivity index (χ0) is 30.8. The van der Waals surface area contributed by atoms with Crippen LogP contribution in [0.4, 0.5) is 35.1 Å². The van der Waals surface area contributed by atoms with Gasteiger partial charge < -0.3 is 24.3 Å². The molecule has 1 unspecified atom stereocenters. The quantitative estimate of drug-likeness (QED) is 0.405. The van der Waals surface area contributed by atoms with Gasteiger partial charge in [0.25, 0.3) is 5.91 Å². The van der Waals surface area contributed by atoms with E-state index in [1.54, 1.807) is 5.32 Å². The van der Waals surface area contributed by atoms with Gasteiger partial charge in [0.05, 0.1) is 23.1 Å². The van der Waals surface area contributed by atoms with Crippen LogP contribution >= 0.6 is 0 Å². The van der Waals surface area contributed by atoms with Crippen LogP contribution in [0.2, 0.25) is 0 Å².